The van der Waals surface area contributed by atoms with Crippen LogP contribution in [0.1, 0.15) is 48.7 Å². The van der Waals surface area contributed by atoms with Gasteiger partial charge in [-0.25, -0.2) is 15.0 Å². The maximum Gasteiger partial charge on any atom is 0.152 e. The average molecular weight is 366 g/mol. The first-order valence-corrected chi connectivity index (χ1v) is 9.59. The summed E-state index contributed by atoms with van der Waals surface area (Å²) in [5.74, 6) is 3.35. The molecule has 0 bridgehead atoms. The van der Waals surface area contributed by atoms with Crippen LogP contribution in [0.15, 0.2) is 31.1 Å². The molecule has 8 nitrogen and oxygen atoms in total. The molecule has 4 rings (SSSR count). The average Bonchev–Trinajstić information content (AvgIpc) is 3.33. The molecule has 27 heavy (non-hydrogen) atoms. The summed E-state index contributed by atoms with van der Waals surface area (Å²) in [5.41, 5.74) is 1.17. The zero-order chi connectivity index (χ0) is 18.6. The van der Waals surface area contributed by atoms with Gasteiger partial charge in [-0.2, -0.15) is 0 Å². The molecule has 0 N–H and O–H groups in total. The normalized spacial score (nSPS) is 18.1. The predicted octanol–water partition coefficient (Wildman–Crippen LogP) is 1.79. The van der Waals surface area contributed by atoms with Crippen LogP contribution < -0.4 is 0 Å². The topological polar surface area (TPSA) is 77.5 Å². The molecule has 0 aliphatic carbocycles. The fraction of sp³-hybridized carbons (Fsp3) is 0.526. The molecule has 0 spiro atoms. The van der Waals surface area contributed by atoms with Gasteiger partial charge in [0.1, 0.15) is 11.6 Å². The number of likely N-dealkylation sites (tertiary alicyclic amines) is 1. The summed E-state index contributed by atoms with van der Waals surface area (Å²) in [6, 6.07) is 0. The summed E-state index contributed by atoms with van der Waals surface area (Å²) >= 11 is 0. The van der Waals surface area contributed by atoms with Gasteiger partial charge in [-0.3, -0.25) is 4.90 Å². The highest BCUT2D eigenvalue weighted by Gasteiger charge is 2.26. The van der Waals surface area contributed by atoms with Crippen molar-refractivity contribution in [2.45, 2.75) is 45.2 Å². The van der Waals surface area contributed by atoms with Crippen LogP contribution in [-0.4, -0.2) is 52.3 Å². The first-order chi connectivity index (χ1) is 13.2. The largest absolute Gasteiger partial charge is 0.330 e. The van der Waals surface area contributed by atoms with Crippen LogP contribution in [-0.2, 0) is 26.6 Å². The van der Waals surface area contributed by atoms with Gasteiger partial charge >= 0.3 is 0 Å². The molecule has 0 amide bonds. The smallest absolute Gasteiger partial charge is 0.152 e. The van der Waals surface area contributed by atoms with Crippen LogP contribution in [0.2, 0.25) is 0 Å². The van der Waals surface area contributed by atoms with E-state index in [9.17, 15) is 0 Å². The molecule has 142 valence electrons. The fourth-order valence-corrected chi connectivity index (χ4v) is 3.73. The molecule has 4 heterocycles. The third kappa shape index (κ3) is 4.05. The monoisotopic (exact) mass is 366 g/mol. The van der Waals surface area contributed by atoms with Crippen LogP contribution in [0.25, 0.3) is 0 Å². The molecule has 1 unspecified atom stereocenters. The first-order valence-electron chi connectivity index (χ1n) is 9.59. The number of rotatable bonds is 6. The number of hydrogen-bond donors (Lipinski definition) is 0. The van der Waals surface area contributed by atoms with Crippen molar-refractivity contribution in [3.63, 3.8) is 0 Å². The molecule has 1 aliphatic rings. The number of aromatic nitrogens is 7. The molecule has 8 heteroatoms. The molecule has 1 aliphatic heterocycles. The van der Waals surface area contributed by atoms with Crippen molar-refractivity contribution in [1.29, 1.82) is 0 Å². The van der Waals surface area contributed by atoms with Crippen molar-refractivity contribution in [2.24, 2.45) is 7.05 Å². The molecule has 1 atom stereocenters. The van der Waals surface area contributed by atoms with Gasteiger partial charge in [0.2, 0.25) is 0 Å². The Hall–Kier alpha value is -2.61. The molecule has 3 aromatic heterocycles. The molecule has 1 saturated heterocycles. The molecule has 0 radical (unpaired) electrons. The maximum atomic E-state index is 4.51. The van der Waals surface area contributed by atoms with Gasteiger partial charge in [-0.05, 0) is 19.4 Å². The van der Waals surface area contributed by atoms with Crippen molar-refractivity contribution in [3.05, 3.63) is 54.2 Å². The van der Waals surface area contributed by atoms with E-state index in [0.717, 1.165) is 49.9 Å². The second-order valence-corrected chi connectivity index (χ2v) is 7.20. The van der Waals surface area contributed by atoms with E-state index in [1.807, 2.05) is 29.5 Å². The van der Waals surface area contributed by atoms with E-state index in [1.165, 1.54) is 12.0 Å². The minimum absolute atomic E-state index is 0.406. The predicted molar refractivity (Wildman–Crippen MR) is 101 cm³/mol. The second-order valence-electron chi connectivity index (χ2n) is 7.20. The molecular weight excluding hydrogens is 340 g/mol. The Morgan fingerprint density at radius 2 is 2.00 bits per heavy atom. The summed E-state index contributed by atoms with van der Waals surface area (Å²) in [6.07, 6.45) is 12.7. The van der Waals surface area contributed by atoms with E-state index in [-0.39, 0.29) is 0 Å². The Bertz CT molecular complexity index is 852. The zero-order valence-corrected chi connectivity index (χ0v) is 16.0. The van der Waals surface area contributed by atoms with Gasteiger partial charge in [-0.15, -0.1) is 10.2 Å². The Morgan fingerprint density at radius 3 is 2.74 bits per heavy atom. The molecule has 0 saturated carbocycles. The van der Waals surface area contributed by atoms with Crippen molar-refractivity contribution in [1.82, 2.24) is 39.2 Å². The van der Waals surface area contributed by atoms with E-state index >= 15 is 0 Å². The third-order valence-corrected chi connectivity index (χ3v) is 5.23. The van der Waals surface area contributed by atoms with Crippen molar-refractivity contribution in [3.8, 4) is 0 Å². The molecular formula is C19H26N8. The minimum atomic E-state index is 0.406. The van der Waals surface area contributed by atoms with Gasteiger partial charge in [0, 0.05) is 62.8 Å². The van der Waals surface area contributed by atoms with E-state index in [2.05, 4.69) is 48.6 Å². The van der Waals surface area contributed by atoms with Gasteiger partial charge in [0.15, 0.2) is 5.82 Å². The fourth-order valence-electron chi connectivity index (χ4n) is 3.73. The van der Waals surface area contributed by atoms with Crippen LogP contribution in [0.5, 0.6) is 0 Å². The summed E-state index contributed by atoms with van der Waals surface area (Å²) in [4.78, 5) is 15.4. The third-order valence-electron chi connectivity index (χ3n) is 5.23. The number of hydrogen-bond acceptors (Lipinski definition) is 6. The lowest BCUT2D eigenvalue weighted by Gasteiger charge is -2.32. The summed E-state index contributed by atoms with van der Waals surface area (Å²) in [5, 5.41) is 8.93. The van der Waals surface area contributed by atoms with E-state index in [0.29, 0.717) is 12.5 Å². The lowest BCUT2D eigenvalue weighted by atomic mass is 9.97. The highest BCUT2D eigenvalue weighted by molar-refractivity contribution is 5.08. The lowest BCUT2D eigenvalue weighted by Crippen LogP contribution is -2.35. The lowest BCUT2D eigenvalue weighted by molar-refractivity contribution is 0.194. The Balaban J connectivity index is 1.42. The standard InChI is InChI=1S/C19H26N8/c1-3-17-21-9-15(10-22-17)11-26-7-4-5-16(12-26)19-24-23-18(25(19)2)13-27-8-6-20-14-27/h6,8-10,14,16H,3-5,7,11-13H2,1-2H3. The Morgan fingerprint density at radius 1 is 1.15 bits per heavy atom. The molecule has 1 fully saturated rings. The van der Waals surface area contributed by atoms with Gasteiger partial charge in [-0.1, -0.05) is 6.92 Å². The number of imidazole rings is 1. The summed E-state index contributed by atoms with van der Waals surface area (Å²) in [7, 11) is 2.07. The zero-order valence-electron chi connectivity index (χ0n) is 16.0. The first kappa shape index (κ1) is 17.8. The SMILES string of the molecule is CCc1ncc(CN2CCCC(c3nnc(Cn4ccnc4)n3C)C2)cn1. The van der Waals surface area contributed by atoms with E-state index in [4.69, 9.17) is 0 Å². The van der Waals surface area contributed by atoms with Crippen molar-refractivity contribution in [2.75, 3.05) is 13.1 Å². The Labute approximate surface area is 159 Å². The minimum Gasteiger partial charge on any atom is -0.330 e. The van der Waals surface area contributed by atoms with Crippen LogP contribution in [0.3, 0.4) is 0 Å². The molecule has 0 aromatic carbocycles. The van der Waals surface area contributed by atoms with E-state index < -0.39 is 0 Å². The maximum absolute atomic E-state index is 4.51. The van der Waals surface area contributed by atoms with Crippen LogP contribution in [0.4, 0.5) is 0 Å². The van der Waals surface area contributed by atoms with Crippen LogP contribution in [0, 0.1) is 0 Å². The Kier molecular flexibility index (Phi) is 5.24. The molecule has 3 aromatic rings. The number of piperidine rings is 1. The quantitative estimate of drug-likeness (QED) is 0.662. The number of aryl methyl sites for hydroxylation is 1. The van der Waals surface area contributed by atoms with Crippen molar-refractivity contribution >= 4 is 0 Å². The van der Waals surface area contributed by atoms with Gasteiger partial charge in [0.25, 0.3) is 0 Å². The highest BCUT2D eigenvalue weighted by Crippen LogP contribution is 2.26. The van der Waals surface area contributed by atoms with Crippen LogP contribution >= 0.6 is 0 Å². The number of nitrogens with zero attached hydrogens (tertiary/aromatic N) is 8. The van der Waals surface area contributed by atoms with Gasteiger partial charge < -0.3 is 9.13 Å². The van der Waals surface area contributed by atoms with Crippen molar-refractivity contribution < 1.29 is 0 Å². The van der Waals surface area contributed by atoms with Gasteiger partial charge in [0.05, 0.1) is 12.9 Å². The second kappa shape index (κ2) is 7.96. The highest BCUT2D eigenvalue weighted by atomic mass is 15.3. The summed E-state index contributed by atoms with van der Waals surface area (Å²) in [6.45, 7) is 5.76. The van der Waals surface area contributed by atoms with E-state index in [1.54, 1.807) is 6.20 Å². The summed E-state index contributed by atoms with van der Waals surface area (Å²) < 4.78 is 4.16.